The van der Waals surface area contributed by atoms with Gasteiger partial charge in [-0.2, -0.15) is 0 Å². The smallest absolute Gasteiger partial charge is 0.328 e. The van der Waals surface area contributed by atoms with Crippen LogP contribution in [-0.4, -0.2) is 98.0 Å². The van der Waals surface area contributed by atoms with Crippen molar-refractivity contribution in [1.29, 1.82) is 0 Å². The van der Waals surface area contributed by atoms with Crippen molar-refractivity contribution in [2.45, 2.75) is 48.1 Å². The Hall–Kier alpha value is -3.68. The van der Waals surface area contributed by atoms with E-state index < -0.39 is 23.9 Å². The number of hydrogen-bond acceptors (Lipinski definition) is 8. The average molecular weight is 649 g/mol. The molecular weight excluding hydrogens is 612 g/mol. The fraction of sp³-hybridized carbons (Fsp3) is 0.355. The average Bonchev–Trinajstić information content (AvgIpc) is 3.12. The SMILES string of the molecule is CC(O)CCCN1CCN(C2Cc3ccccc3Sc3ccc(Cl)cc32)CC1.O=C(O)/C=C\C(=O)O.O=C(O)/C=C\C(=O)O. The first kappa shape index (κ1) is 36.5. The minimum Gasteiger partial charge on any atom is -0.478 e. The first-order valence-corrected chi connectivity index (χ1v) is 15.0. The summed E-state index contributed by atoms with van der Waals surface area (Å²) in [5.74, 6) is -5.03. The number of hydrogen-bond donors (Lipinski definition) is 5. The highest BCUT2D eigenvalue weighted by Gasteiger charge is 2.30. The van der Waals surface area contributed by atoms with Crippen molar-refractivity contribution < 1.29 is 44.7 Å². The third-order valence-corrected chi connectivity index (χ3v) is 8.06. The highest BCUT2D eigenvalue weighted by atomic mass is 35.5. The van der Waals surface area contributed by atoms with Gasteiger partial charge in [0.1, 0.15) is 0 Å². The molecule has 2 unspecified atom stereocenters. The van der Waals surface area contributed by atoms with Gasteiger partial charge in [-0.15, -0.1) is 0 Å². The van der Waals surface area contributed by atoms with Crippen LogP contribution in [0.25, 0.3) is 0 Å². The Kier molecular flexibility index (Phi) is 15.7. The van der Waals surface area contributed by atoms with E-state index in [2.05, 4.69) is 46.2 Å². The van der Waals surface area contributed by atoms with Crippen LogP contribution in [0.15, 0.2) is 76.6 Å². The van der Waals surface area contributed by atoms with E-state index >= 15 is 0 Å². The molecule has 0 saturated carbocycles. The van der Waals surface area contributed by atoms with Gasteiger partial charge >= 0.3 is 23.9 Å². The van der Waals surface area contributed by atoms with Gasteiger partial charge in [-0.25, -0.2) is 19.2 Å². The normalized spacial score (nSPS) is 17.2. The molecule has 2 aromatic rings. The van der Waals surface area contributed by atoms with Crippen molar-refractivity contribution in [3.8, 4) is 0 Å². The van der Waals surface area contributed by atoms with Crippen LogP contribution in [0.4, 0.5) is 0 Å². The number of nitrogens with zero attached hydrogens (tertiary/aromatic N) is 2. The summed E-state index contributed by atoms with van der Waals surface area (Å²) in [5, 5.41) is 41.6. The lowest BCUT2D eigenvalue weighted by atomic mass is 9.96. The van der Waals surface area contributed by atoms with E-state index in [1.54, 1.807) is 0 Å². The predicted molar refractivity (Wildman–Crippen MR) is 166 cm³/mol. The molecule has 2 aromatic carbocycles. The summed E-state index contributed by atoms with van der Waals surface area (Å²) in [6.45, 7) is 7.32. The van der Waals surface area contributed by atoms with Crippen molar-refractivity contribution in [3.63, 3.8) is 0 Å². The molecule has 0 amide bonds. The van der Waals surface area contributed by atoms with E-state index in [1.165, 1.54) is 20.9 Å². The van der Waals surface area contributed by atoms with Crippen molar-refractivity contribution in [2.24, 2.45) is 0 Å². The van der Waals surface area contributed by atoms with E-state index in [-0.39, 0.29) is 6.10 Å². The zero-order valence-electron chi connectivity index (χ0n) is 24.2. The van der Waals surface area contributed by atoms with Gasteiger partial charge in [-0.05, 0) is 68.1 Å². The number of aliphatic hydroxyl groups is 1. The monoisotopic (exact) mass is 648 g/mol. The van der Waals surface area contributed by atoms with Gasteiger partial charge in [0.25, 0.3) is 0 Å². The molecule has 11 nitrogen and oxygen atoms in total. The molecule has 2 heterocycles. The fourth-order valence-corrected chi connectivity index (χ4v) is 5.90. The second kappa shape index (κ2) is 18.9. The molecule has 1 fully saturated rings. The zero-order valence-corrected chi connectivity index (χ0v) is 25.8. The van der Waals surface area contributed by atoms with Crippen LogP contribution in [0.1, 0.15) is 36.9 Å². The van der Waals surface area contributed by atoms with E-state index in [4.69, 9.17) is 32.0 Å². The molecule has 0 radical (unpaired) electrons. The van der Waals surface area contributed by atoms with E-state index in [0.29, 0.717) is 30.3 Å². The molecule has 0 bridgehead atoms. The van der Waals surface area contributed by atoms with Crippen LogP contribution in [0, 0.1) is 0 Å². The summed E-state index contributed by atoms with van der Waals surface area (Å²) in [6, 6.07) is 15.5. The number of rotatable bonds is 9. The molecule has 1 saturated heterocycles. The summed E-state index contributed by atoms with van der Waals surface area (Å²) in [7, 11) is 0. The number of aliphatic carboxylic acids is 4. The Morgan fingerprint density at radius 3 is 1.93 bits per heavy atom. The van der Waals surface area contributed by atoms with Gasteiger partial charge in [-0.1, -0.05) is 41.6 Å². The number of benzene rings is 2. The molecule has 0 aliphatic carbocycles. The standard InChI is InChI=1S/C23H29ClN2OS.2C4H4O4/c1-17(27)5-4-10-25-11-13-26(14-12-25)21-15-18-6-2-3-7-22(18)28-23-9-8-19(24)16-20(21)23;2*5-3(6)1-2-4(7)8/h2-3,6-9,16-17,21,27H,4-5,10-15H2,1H3;2*1-2H,(H,5,6)(H,7,8)/b;2*2-1-. The van der Waals surface area contributed by atoms with Gasteiger partial charge in [0.2, 0.25) is 0 Å². The van der Waals surface area contributed by atoms with Crippen LogP contribution >= 0.6 is 23.4 Å². The molecule has 0 spiro atoms. The number of carboxylic acids is 4. The fourth-order valence-electron chi connectivity index (χ4n) is 4.60. The number of carbonyl (C=O) groups is 4. The van der Waals surface area contributed by atoms with Crippen molar-refractivity contribution >= 4 is 47.2 Å². The first-order chi connectivity index (χ1) is 20.8. The van der Waals surface area contributed by atoms with Gasteiger partial charge in [-0.3, -0.25) is 4.90 Å². The maximum atomic E-state index is 9.55. The van der Waals surface area contributed by atoms with E-state index in [1.807, 2.05) is 24.8 Å². The lowest BCUT2D eigenvalue weighted by molar-refractivity contribution is -0.134. The number of piperazine rings is 1. The highest BCUT2D eigenvalue weighted by Crippen LogP contribution is 2.43. The van der Waals surface area contributed by atoms with Crippen molar-refractivity contribution in [3.05, 3.63) is 82.9 Å². The molecule has 13 heteroatoms. The van der Waals surface area contributed by atoms with E-state index in [0.717, 1.165) is 57.0 Å². The third kappa shape index (κ3) is 13.7. The highest BCUT2D eigenvalue weighted by molar-refractivity contribution is 7.99. The Morgan fingerprint density at radius 1 is 0.864 bits per heavy atom. The van der Waals surface area contributed by atoms with Crippen LogP contribution in [0.2, 0.25) is 5.02 Å². The predicted octanol–water partition coefficient (Wildman–Crippen LogP) is 4.29. The van der Waals surface area contributed by atoms with Gasteiger partial charge in [0.05, 0.1) is 6.10 Å². The molecule has 2 aliphatic heterocycles. The molecule has 238 valence electrons. The summed E-state index contributed by atoms with van der Waals surface area (Å²) in [5.41, 5.74) is 2.81. The second-order valence-corrected chi connectivity index (χ2v) is 11.5. The second-order valence-electron chi connectivity index (χ2n) is 10.0. The number of aliphatic hydroxyl groups excluding tert-OH is 1. The van der Waals surface area contributed by atoms with Gasteiger partial charge < -0.3 is 30.4 Å². The minimum atomic E-state index is -1.26. The van der Waals surface area contributed by atoms with Gasteiger partial charge in [0.15, 0.2) is 0 Å². The number of fused-ring (bicyclic) bond motifs is 2. The van der Waals surface area contributed by atoms with Crippen LogP contribution in [0.3, 0.4) is 0 Å². The topological polar surface area (TPSA) is 176 Å². The summed E-state index contributed by atoms with van der Waals surface area (Å²) < 4.78 is 0. The Labute approximate surface area is 265 Å². The molecule has 44 heavy (non-hydrogen) atoms. The third-order valence-electron chi connectivity index (χ3n) is 6.62. The van der Waals surface area contributed by atoms with E-state index in [9.17, 15) is 24.3 Å². The Balaban J connectivity index is 0.000000349. The number of halogens is 1. The molecule has 2 atom stereocenters. The quantitative estimate of drug-likeness (QED) is 0.244. The maximum absolute atomic E-state index is 9.55. The number of carboxylic acid groups (broad SMARTS) is 4. The van der Waals surface area contributed by atoms with Crippen molar-refractivity contribution in [2.75, 3.05) is 32.7 Å². The van der Waals surface area contributed by atoms with Crippen LogP contribution < -0.4 is 0 Å². The Morgan fingerprint density at radius 2 is 1.41 bits per heavy atom. The largest absolute Gasteiger partial charge is 0.478 e. The molecule has 5 N–H and O–H groups in total. The lowest BCUT2D eigenvalue weighted by Gasteiger charge is -2.39. The summed E-state index contributed by atoms with van der Waals surface area (Å²) in [6.07, 6.45) is 5.05. The summed E-state index contributed by atoms with van der Waals surface area (Å²) in [4.78, 5) is 46.1. The lowest BCUT2D eigenvalue weighted by Crippen LogP contribution is -2.48. The summed E-state index contributed by atoms with van der Waals surface area (Å²) >= 11 is 8.27. The zero-order chi connectivity index (χ0) is 32.6. The van der Waals surface area contributed by atoms with Crippen LogP contribution in [0.5, 0.6) is 0 Å². The van der Waals surface area contributed by atoms with Gasteiger partial charge in [0, 0.05) is 71.3 Å². The van der Waals surface area contributed by atoms with Crippen LogP contribution in [-0.2, 0) is 25.6 Å². The molecule has 0 aromatic heterocycles. The molecule has 2 aliphatic rings. The Bertz CT molecular complexity index is 1280. The first-order valence-electron chi connectivity index (χ1n) is 13.8. The molecule has 4 rings (SSSR count). The maximum Gasteiger partial charge on any atom is 0.328 e. The minimum absolute atomic E-state index is 0.189. The molecular formula is C31H37ClN2O9S. The van der Waals surface area contributed by atoms with Crippen molar-refractivity contribution in [1.82, 2.24) is 9.80 Å².